The highest BCUT2D eigenvalue weighted by Gasteiger charge is 2.11. The van der Waals surface area contributed by atoms with Crippen molar-refractivity contribution < 1.29 is 14.3 Å². The molecule has 64 valence electrons. The van der Waals surface area contributed by atoms with Gasteiger partial charge in [-0.3, -0.25) is 4.79 Å². The molecule has 0 saturated heterocycles. The van der Waals surface area contributed by atoms with E-state index in [-0.39, 0.29) is 10.6 Å². The average molecular weight is 190 g/mol. The maximum absolute atomic E-state index is 12.8. The maximum atomic E-state index is 12.8. The van der Waals surface area contributed by atoms with Crippen LogP contribution < -0.4 is 0 Å². The van der Waals surface area contributed by atoms with E-state index in [1.165, 1.54) is 12.3 Å². The van der Waals surface area contributed by atoms with Crippen molar-refractivity contribution in [1.82, 2.24) is 4.98 Å². The monoisotopic (exact) mass is 189 g/mol. The van der Waals surface area contributed by atoms with Gasteiger partial charge in [-0.05, 0) is 6.07 Å². The maximum Gasteiger partial charge on any atom is 0.308 e. The largest absolute Gasteiger partial charge is 0.481 e. The Morgan fingerprint density at radius 3 is 2.92 bits per heavy atom. The highest BCUT2D eigenvalue weighted by molar-refractivity contribution is 6.31. The van der Waals surface area contributed by atoms with E-state index >= 15 is 0 Å². The summed E-state index contributed by atoms with van der Waals surface area (Å²) in [4.78, 5) is 13.5. The van der Waals surface area contributed by atoms with E-state index < -0.39 is 18.3 Å². The first-order valence-electron chi connectivity index (χ1n) is 3.12. The van der Waals surface area contributed by atoms with Gasteiger partial charge < -0.3 is 5.11 Å². The van der Waals surface area contributed by atoms with Gasteiger partial charge in [0.1, 0.15) is 0 Å². The van der Waals surface area contributed by atoms with Crippen LogP contribution in [0.15, 0.2) is 12.3 Å². The van der Waals surface area contributed by atoms with Crippen LogP contribution in [0.3, 0.4) is 0 Å². The molecule has 5 heteroatoms. The number of pyridine rings is 1. The highest BCUT2D eigenvalue weighted by atomic mass is 35.5. The molecular formula is C7H5ClFNO2. The Morgan fingerprint density at radius 1 is 1.75 bits per heavy atom. The number of hydrogen-bond donors (Lipinski definition) is 1. The van der Waals surface area contributed by atoms with E-state index in [0.29, 0.717) is 0 Å². The number of aromatic nitrogens is 1. The molecule has 0 aliphatic carbocycles. The summed E-state index contributed by atoms with van der Waals surface area (Å²) in [5.74, 6) is -1.96. The summed E-state index contributed by atoms with van der Waals surface area (Å²) in [5, 5.41) is 8.45. The number of halogens is 2. The van der Waals surface area contributed by atoms with Gasteiger partial charge in [-0.15, -0.1) is 0 Å². The third kappa shape index (κ3) is 1.92. The number of carbonyl (C=O) groups is 1. The Bertz CT molecular complexity index is 296. The summed E-state index contributed by atoms with van der Waals surface area (Å²) in [6.45, 7) is 0. The second-order valence-corrected chi connectivity index (χ2v) is 2.54. The molecule has 1 aromatic heterocycles. The predicted octanol–water partition coefficient (Wildman–Crippen LogP) is 1.50. The smallest absolute Gasteiger partial charge is 0.308 e. The van der Waals surface area contributed by atoms with Crippen LogP contribution in [-0.2, 0) is 11.2 Å². The van der Waals surface area contributed by atoms with Crippen molar-refractivity contribution in [2.24, 2.45) is 0 Å². The molecule has 1 aromatic rings. The Kier molecular flexibility index (Phi) is 2.60. The fourth-order valence-electron chi connectivity index (χ4n) is 0.754. The molecule has 0 atom stereocenters. The minimum atomic E-state index is -1.14. The number of hydrogen-bond acceptors (Lipinski definition) is 2. The Balaban J connectivity index is 3.04. The topological polar surface area (TPSA) is 50.2 Å². The number of rotatable bonds is 2. The van der Waals surface area contributed by atoms with Gasteiger partial charge >= 0.3 is 5.97 Å². The summed E-state index contributed by atoms with van der Waals surface area (Å²) in [6.07, 6.45) is 0.738. The molecule has 0 spiro atoms. The van der Waals surface area contributed by atoms with Crippen LogP contribution in [0.4, 0.5) is 4.39 Å². The molecule has 0 saturated carbocycles. The van der Waals surface area contributed by atoms with E-state index in [1.807, 2.05) is 0 Å². The van der Waals surface area contributed by atoms with Crippen LogP contribution >= 0.6 is 11.6 Å². The van der Waals surface area contributed by atoms with Gasteiger partial charge in [-0.1, -0.05) is 11.6 Å². The Labute approximate surface area is 72.8 Å². The second-order valence-electron chi connectivity index (χ2n) is 2.13. The lowest BCUT2D eigenvalue weighted by atomic mass is 10.2. The fourth-order valence-corrected chi connectivity index (χ4v) is 0.955. The lowest BCUT2D eigenvalue weighted by Gasteiger charge is -1.99. The summed E-state index contributed by atoms with van der Waals surface area (Å²) in [5.41, 5.74) is -0.0772. The number of carboxylic acid groups (broad SMARTS) is 1. The molecule has 0 amide bonds. The van der Waals surface area contributed by atoms with Gasteiger partial charge in [-0.25, -0.2) is 4.98 Å². The molecule has 0 bridgehead atoms. The Morgan fingerprint density at radius 2 is 2.42 bits per heavy atom. The minimum absolute atomic E-state index is 0.0772. The standard InChI is InChI=1S/C7H5ClFNO2/c8-5-1-2-10-7(9)4(5)3-6(11)12/h1-2H,3H2,(H,11,12). The predicted molar refractivity (Wildman–Crippen MR) is 40.5 cm³/mol. The van der Waals surface area contributed by atoms with Crippen molar-refractivity contribution in [1.29, 1.82) is 0 Å². The fraction of sp³-hybridized carbons (Fsp3) is 0.143. The van der Waals surface area contributed by atoms with Crippen LogP contribution in [0.2, 0.25) is 5.02 Å². The van der Waals surface area contributed by atoms with Crippen molar-refractivity contribution >= 4 is 17.6 Å². The Hall–Kier alpha value is -1.16. The molecule has 0 fully saturated rings. The molecule has 0 aliphatic heterocycles. The van der Waals surface area contributed by atoms with Crippen LogP contribution in [0, 0.1) is 5.95 Å². The normalized spacial score (nSPS) is 9.83. The third-order valence-corrected chi connectivity index (χ3v) is 1.63. The molecule has 1 rings (SSSR count). The van der Waals surface area contributed by atoms with Crippen molar-refractivity contribution in [2.45, 2.75) is 6.42 Å². The zero-order chi connectivity index (χ0) is 9.14. The molecule has 0 aliphatic rings. The summed E-state index contributed by atoms with van der Waals surface area (Å²) in [6, 6.07) is 1.35. The van der Waals surface area contributed by atoms with Crippen molar-refractivity contribution in [3.63, 3.8) is 0 Å². The first kappa shape index (κ1) is 8.93. The van der Waals surface area contributed by atoms with Gasteiger partial charge in [0.05, 0.1) is 11.4 Å². The van der Waals surface area contributed by atoms with Gasteiger partial charge in [0.25, 0.3) is 0 Å². The number of aliphatic carboxylic acids is 1. The molecular weight excluding hydrogens is 185 g/mol. The molecule has 1 N–H and O–H groups in total. The highest BCUT2D eigenvalue weighted by Crippen LogP contribution is 2.17. The van der Waals surface area contributed by atoms with E-state index in [2.05, 4.69) is 4.98 Å². The molecule has 0 aromatic carbocycles. The molecule has 0 unspecified atom stereocenters. The summed E-state index contributed by atoms with van der Waals surface area (Å²) < 4.78 is 12.8. The van der Waals surface area contributed by atoms with E-state index in [4.69, 9.17) is 16.7 Å². The summed E-state index contributed by atoms with van der Waals surface area (Å²) in [7, 11) is 0. The lowest BCUT2D eigenvalue weighted by molar-refractivity contribution is -0.136. The van der Waals surface area contributed by atoms with E-state index in [9.17, 15) is 9.18 Å². The van der Waals surface area contributed by atoms with Gasteiger partial charge in [0.15, 0.2) is 0 Å². The van der Waals surface area contributed by atoms with Gasteiger partial charge in [-0.2, -0.15) is 4.39 Å². The van der Waals surface area contributed by atoms with Crippen LogP contribution in [0.1, 0.15) is 5.56 Å². The number of carboxylic acids is 1. The summed E-state index contributed by atoms with van der Waals surface area (Å²) >= 11 is 5.53. The lowest BCUT2D eigenvalue weighted by Crippen LogP contribution is -2.04. The quantitative estimate of drug-likeness (QED) is 0.718. The number of nitrogens with zero attached hydrogens (tertiary/aromatic N) is 1. The van der Waals surface area contributed by atoms with Crippen molar-refractivity contribution in [3.05, 3.63) is 28.8 Å². The molecule has 0 radical (unpaired) electrons. The molecule has 12 heavy (non-hydrogen) atoms. The van der Waals surface area contributed by atoms with Gasteiger partial charge in [0.2, 0.25) is 5.95 Å². The minimum Gasteiger partial charge on any atom is -0.481 e. The van der Waals surface area contributed by atoms with E-state index in [1.54, 1.807) is 0 Å². The molecule has 3 nitrogen and oxygen atoms in total. The zero-order valence-corrected chi connectivity index (χ0v) is 6.68. The first-order valence-corrected chi connectivity index (χ1v) is 3.49. The van der Waals surface area contributed by atoms with E-state index in [0.717, 1.165) is 0 Å². The van der Waals surface area contributed by atoms with Crippen LogP contribution in [-0.4, -0.2) is 16.1 Å². The van der Waals surface area contributed by atoms with Crippen LogP contribution in [0.5, 0.6) is 0 Å². The third-order valence-electron chi connectivity index (χ3n) is 1.27. The van der Waals surface area contributed by atoms with Gasteiger partial charge in [0, 0.05) is 11.8 Å². The van der Waals surface area contributed by atoms with Crippen molar-refractivity contribution in [2.75, 3.05) is 0 Å². The second kappa shape index (κ2) is 3.49. The molecule has 1 heterocycles. The average Bonchev–Trinajstić information content (AvgIpc) is 1.97. The first-order chi connectivity index (χ1) is 5.61. The zero-order valence-electron chi connectivity index (χ0n) is 5.92. The van der Waals surface area contributed by atoms with Crippen LogP contribution in [0.25, 0.3) is 0 Å². The SMILES string of the molecule is O=C(O)Cc1c(Cl)ccnc1F. The van der Waals surface area contributed by atoms with Crippen molar-refractivity contribution in [3.8, 4) is 0 Å².